The van der Waals surface area contributed by atoms with Gasteiger partial charge in [-0.15, -0.1) is 0 Å². The fraction of sp³-hybridized carbons (Fsp3) is 0.267. The standard InChI is InChI=1S/C30H30N2O6/c1-19(2)13-14-35-25-12-9-20(15-27(25)34-3)29-23-11-10-22(16-26(23)38-30(32)24(29)17-31)37-28(33)18-36-21-7-5-4-6-8-21/h4-12,15-16,19,29H,13-14,18,32H2,1-3H3. The van der Waals surface area contributed by atoms with Crippen LogP contribution >= 0.6 is 0 Å². The molecule has 8 nitrogen and oxygen atoms in total. The van der Waals surface area contributed by atoms with Gasteiger partial charge in [-0.25, -0.2) is 4.79 Å². The van der Waals surface area contributed by atoms with Crippen molar-refractivity contribution in [2.24, 2.45) is 11.7 Å². The Bertz CT molecular complexity index is 1360. The summed E-state index contributed by atoms with van der Waals surface area (Å²) in [5.41, 5.74) is 7.89. The number of methoxy groups -OCH3 is 1. The summed E-state index contributed by atoms with van der Waals surface area (Å²) in [6, 6.07) is 21.7. The maximum Gasteiger partial charge on any atom is 0.349 e. The Labute approximate surface area is 222 Å². The maximum absolute atomic E-state index is 12.3. The molecule has 0 fully saturated rings. The molecule has 2 N–H and O–H groups in total. The topological polar surface area (TPSA) is 113 Å². The van der Waals surface area contributed by atoms with Crippen molar-refractivity contribution in [3.8, 4) is 34.8 Å². The molecule has 196 valence electrons. The molecular weight excluding hydrogens is 484 g/mol. The first-order valence-corrected chi connectivity index (χ1v) is 12.3. The summed E-state index contributed by atoms with van der Waals surface area (Å²) in [7, 11) is 1.57. The molecule has 0 saturated carbocycles. The van der Waals surface area contributed by atoms with Crippen LogP contribution in [0, 0.1) is 17.2 Å². The van der Waals surface area contributed by atoms with E-state index in [1.807, 2.05) is 36.4 Å². The Balaban J connectivity index is 1.56. The van der Waals surface area contributed by atoms with E-state index in [0.717, 1.165) is 12.0 Å². The van der Waals surface area contributed by atoms with Gasteiger partial charge in [0.05, 0.1) is 19.6 Å². The van der Waals surface area contributed by atoms with Crippen LogP contribution in [0.2, 0.25) is 0 Å². The van der Waals surface area contributed by atoms with Crippen LogP contribution in [0.25, 0.3) is 0 Å². The first kappa shape index (κ1) is 26.4. The monoisotopic (exact) mass is 514 g/mol. The van der Waals surface area contributed by atoms with Gasteiger partial charge in [0.25, 0.3) is 0 Å². The Morgan fingerprint density at radius 1 is 1.03 bits per heavy atom. The van der Waals surface area contributed by atoms with Gasteiger partial charge < -0.3 is 29.4 Å². The fourth-order valence-electron chi connectivity index (χ4n) is 4.05. The molecule has 1 unspecified atom stereocenters. The zero-order valence-electron chi connectivity index (χ0n) is 21.6. The zero-order valence-corrected chi connectivity index (χ0v) is 21.6. The first-order chi connectivity index (χ1) is 18.4. The van der Waals surface area contributed by atoms with Gasteiger partial charge >= 0.3 is 5.97 Å². The predicted molar refractivity (Wildman–Crippen MR) is 141 cm³/mol. The van der Waals surface area contributed by atoms with Crippen molar-refractivity contribution in [2.45, 2.75) is 26.2 Å². The number of carbonyl (C=O) groups is 1. The van der Waals surface area contributed by atoms with Gasteiger partial charge in [0, 0.05) is 11.6 Å². The molecule has 0 spiro atoms. The first-order valence-electron chi connectivity index (χ1n) is 12.3. The molecule has 3 aromatic carbocycles. The Kier molecular flexibility index (Phi) is 8.39. The number of allylic oxidation sites excluding steroid dienone is 1. The molecule has 4 rings (SSSR count). The minimum atomic E-state index is -0.569. The Morgan fingerprint density at radius 3 is 2.53 bits per heavy atom. The van der Waals surface area contributed by atoms with Crippen LogP contribution in [-0.2, 0) is 4.79 Å². The zero-order chi connectivity index (χ0) is 27.1. The number of benzene rings is 3. The third-order valence-corrected chi connectivity index (χ3v) is 6.00. The molecule has 3 aromatic rings. The summed E-state index contributed by atoms with van der Waals surface area (Å²) in [5.74, 6) is 1.83. The number of hydrogen-bond donors (Lipinski definition) is 1. The second-order valence-corrected chi connectivity index (χ2v) is 9.14. The summed E-state index contributed by atoms with van der Waals surface area (Å²) in [5, 5.41) is 9.89. The smallest absolute Gasteiger partial charge is 0.349 e. The number of nitriles is 1. The maximum atomic E-state index is 12.3. The lowest BCUT2D eigenvalue weighted by Crippen LogP contribution is -2.22. The molecule has 1 atom stereocenters. The quantitative estimate of drug-likeness (QED) is 0.286. The van der Waals surface area contributed by atoms with Gasteiger partial charge in [-0.2, -0.15) is 5.26 Å². The normalized spacial score (nSPS) is 14.2. The van der Waals surface area contributed by atoms with Gasteiger partial charge in [-0.1, -0.05) is 44.2 Å². The van der Waals surface area contributed by atoms with Gasteiger partial charge in [0.1, 0.15) is 28.9 Å². The number of nitrogens with zero attached hydrogens (tertiary/aromatic N) is 1. The van der Waals surface area contributed by atoms with Crippen molar-refractivity contribution >= 4 is 5.97 Å². The third-order valence-electron chi connectivity index (χ3n) is 6.00. The van der Waals surface area contributed by atoms with Crippen molar-refractivity contribution < 1.29 is 28.5 Å². The SMILES string of the molecule is COc1cc(C2C(C#N)=C(N)Oc3cc(OC(=O)COc4ccccc4)ccc32)ccc1OCCC(C)C. The van der Waals surface area contributed by atoms with Crippen molar-refractivity contribution in [3.05, 3.63) is 89.3 Å². The Morgan fingerprint density at radius 2 is 1.82 bits per heavy atom. The number of nitrogens with two attached hydrogens (primary N) is 1. The number of para-hydroxylation sites is 1. The van der Waals surface area contributed by atoms with E-state index in [0.29, 0.717) is 41.1 Å². The van der Waals surface area contributed by atoms with E-state index in [4.69, 9.17) is 29.4 Å². The number of fused-ring (bicyclic) bond motifs is 1. The van der Waals surface area contributed by atoms with E-state index in [1.165, 1.54) is 0 Å². The number of hydrogen-bond acceptors (Lipinski definition) is 8. The highest BCUT2D eigenvalue weighted by Gasteiger charge is 2.31. The highest BCUT2D eigenvalue weighted by atomic mass is 16.6. The fourth-order valence-corrected chi connectivity index (χ4v) is 4.05. The molecule has 0 bridgehead atoms. The van der Waals surface area contributed by atoms with Gasteiger partial charge in [0.2, 0.25) is 5.88 Å². The molecule has 1 aliphatic heterocycles. The lowest BCUT2D eigenvalue weighted by molar-refractivity contribution is -0.136. The van der Waals surface area contributed by atoms with E-state index in [1.54, 1.807) is 37.4 Å². The van der Waals surface area contributed by atoms with E-state index >= 15 is 0 Å². The van der Waals surface area contributed by atoms with Gasteiger partial charge in [-0.05, 0) is 48.2 Å². The second kappa shape index (κ2) is 12.1. The Hall–Kier alpha value is -4.64. The number of ether oxygens (including phenoxy) is 5. The minimum Gasteiger partial charge on any atom is -0.493 e. The summed E-state index contributed by atoms with van der Waals surface area (Å²) in [6.45, 7) is 4.59. The van der Waals surface area contributed by atoms with E-state index in [-0.39, 0.29) is 23.8 Å². The molecule has 38 heavy (non-hydrogen) atoms. The van der Waals surface area contributed by atoms with E-state index < -0.39 is 11.9 Å². The largest absolute Gasteiger partial charge is 0.493 e. The minimum absolute atomic E-state index is 0.0166. The van der Waals surface area contributed by atoms with Crippen LogP contribution in [0.4, 0.5) is 0 Å². The van der Waals surface area contributed by atoms with Crippen LogP contribution in [0.15, 0.2) is 78.2 Å². The lowest BCUT2D eigenvalue weighted by atomic mass is 9.83. The molecule has 8 heteroatoms. The van der Waals surface area contributed by atoms with Gasteiger partial charge in [0.15, 0.2) is 18.1 Å². The van der Waals surface area contributed by atoms with Crippen LogP contribution in [0.1, 0.15) is 37.3 Å². The van der Waals surface area contributed by atoms with Crippen molar-refractivity contribution in [3.63, 3.8) is 0 Å². The third kappa shape index (κ3) is 6.19. The summed E-state index contributed by atoms with van der Waals surface area (Å²) < 4.78 is 28.1. The van der Waals surface area contributed by atoms with Gasteiger partial charge in [-0.3, -0.25) is 0 Å². The molecule has 0 radical (unpaired) electrons. The van der Waals surface area contributed by atoms with Crippen molar-refractivity contribution in [1.29, 1.82) is 5.26 Å². The molecule has 1 heterocycles. The van der Waals surface area contributed by atoms with Crippen LogP contribution in [-0.4, -0.2) is 26.3 Å². The number of esters is 1. The van der Waals surface area contributed by atoms with Crippen LogP contribution in [0.5, 0.6) is 28.7 Å². The average Bonchev–Trinajstić information content (AvgIpc) is 2.91. The summed E-state index contributed by atoms with van der Waals surface area (Å²) >= 11 is 0. The van der Waals surface area contributed by atoms with Crippen molar-refractivity contribution in [1.82, 2.24) is 0 Å². The van der Waals surface area contributed by atoms with Crippen LogP contribution < -0.4 is 29.4 Å². The van der Waals surface area contributed by atoms with Crippen LogP contribution in [0.3, 0.4) is 0 Å². The number of carbonyl (C=O) groups excluding carboxylic acids is 1. The van der Waals surface area contributed by atoms with Crippen molar-refractivity contribution in [2.75, 3.05) is 20.3 Å². The second-order valence-electron chi connectivity index (χ2n) is 9.14. The highest BCUT2D eigenvalue weighted by Crippen LogP contribution is 2.45. The average molecular weight is 515 g/mol. The summed E-state index contributed by atoms with van der Waals surface area (Å²) in [4.78, 5) is 12.3. The molecule has 0 amide bonds. The lowest BCUT2D eigenvalue weighted by Gasteiger charge is -2.27. The molecule has 0 saturated heterocycles. The number of rotatable bonds is 10. The molecule has 0 aliphatic carbocycles. The molecular formula is C30H30N2O6. The molecule has 0 aromatic heterocycles. The predicted octanol–water partition coefficient (Wildman–Crippen LogP) is 5.32. The summed E-state index contributed by atoms with van der Waals surface area (Å²) in [6.07, 6.45) is 0.918. The van der Waals surface area contributed by atoms with E-state index in [9.17, 15) is 10.1 Å². The highest BCUT2D eigenvalue weighted by molar-refractivity contribution is 5.74. The van der Waals surface area contributed by atoms with E-state index in [2.05, 4.69) is 19.9 Å². The molecule has 1 aliphatic rings.